The zero-order chi connectivity index (χ0) is 22.1. The molecule has 5 nitrogen and oxygen atoms in total. The fraction of sp³-hybridized carbons (Fsp3) is 0.409. The maximum absolute atomic E-state index is 14.4. The van der Waals surface area contributed by atoms with Gasteiger partial charge in [0.25, 0.3) is 0 Å². The zero-order valence-electron chi connectivity index (χ0n) is 17.2. The third-order valence-electron chi connectivity index (χ3n) is 5.25. The number of rotatable bonds is 6. The second kappa shape index (κ2) is 8.81. The molecule has 2 aromatic carbocycles. The molecule has 1 aliphatic rings. The van der Waals surface area contributed by atoms with E-state index in [1.807, 2.05) is 0 Å². The summed E-state index contributed by atoms with van der Waals surface area (Å²) >= 11 is 0. The van der Waals surface area contributed by atoms with E-state index in [-0.39, 0.29) is 18.2 Å². The molecule has 3 rings (SSSR count). The van der Waals surface area contributed by atoms with Gasteiger partial charge in [0.1, 0.15) is 11.6 Å². The van der Waals surface area contributed by atoms with E-state index in [4.69, 9.17) is 0 Å². The second-order valence-corrected chi connectivity index (χ2v) is 9.88. The van der Waals surface area contributed by atoms with Crippen LogP contribution in [0.2, 0.25) is 0 Å². The number of hydrogen-bond acceptors (Lipinski definition) is 3. The number of likely N-dealkylation sites (tertiary alicyclic amines) is 1. The van der Waals surface area contributed by atoms with E-state index in [0.717, 1.165) is 6.26 Å². The summed E-state index contributed by atoms with van der Waals surface area (Å²) in [7, 11) is -3.47. The largest absolute Gasteiger partial charge is 0.337 e. The van der Waals surface area contributed by atoms with Crippen molar-refractivity contribution in [2.75, 3.05) is 12.8 Å². The van der Waals surface area contributed by atoms with Crippen LogP contribution >= 0.6 is 0 Å². The standard InChI is InChI=1S/C22H26F2N2O3S/c1-14(2)22(27)26-8-7-20(25-30(3,28)29)21(26)11-15-9-17(13-19(24)10-15)16-5-4-6-18(23)12-16/h4-6,9-10,12-14,20-21,25H,7-8,11H2,1-3H3/t20-,21-/m1/s1. The molecule has 1 fully saturated rings. The van der Waals surface area contributed by atoms with Crippen molar-refractivity contribution in [2.45, 2.75) is 38.8 Å². The summed E-state index contributed by atoms with van der Waals surface area (Å²) in [6.45, 7) is 4.02. The monoisotopic (exact) mass is 436 g/mol. The van der Waals surface area contributed by atoms with Crippen molar-refractivity contribution in [3.63, 3.8) is 0 Å². The van der Waals surface area contributed by atoms with E-state index in [1.165, 1.54) is 24.3 Å². The molecule has 2 aromatic rings. The normalized spacial score (nSPS) is 19.5. The van der Waals surface area contributed by atoms with E-state index >= 15 is 0 Å². The van der Waals surface area contributed by atoms with Gasteiger partial charge in [-0.1, -0.05) is 32.0 Å². The lowest BCUT2D eigenvalue weighted by molar-refractivity contribution is -0.135. The molecule has 0 aliphatic carbocycles. The minimum Gasteiger partial charge on any atom is -0.337 e. The lowest BCUT2D eigenvalue weighted by Crippen LogP contribution is -2.48. The number of hydrogen-bond donors (Lipinski definition) is 1. The first-order chi connectivity index (χ1) is 14.0. The van der Waals surface area contributed by atoms with Gasteiger partial charge in [0.05, 0.1) is 12.3 Å². The number of carbonyl (C=O) groups is 1. The summed E-state index contributed by atoms with van der Waals surface area (Å²) in [6, 6.07) is 9.47. The third-order valence-corrected chi connectivity index (χ3v) is 5.98. The molecule has 1 amide bonds. The molecule has 1 heterocycles. The van der Waals surface area contributed by atoms with Gasteiger partial charge < -0.3 is 4.90 Å². The summed E-state index contributed by atoms with van der Waals surface area (Å²) < 4.78 is 54.2. The average Bonchev–Trinajstić information content (AvgIpc) is 3.01. The smallest absolute Gasteiger partial charge is 0.225 e. The van der Waals surface area contributed by atoms with Gasteiger partial charge in [-0.05, 0) is 53.8 Å². The third kappa shape index (κ3) is 5.43. The molecule has 0 spiro atoms. The van der Waals surface area contributed by atoms with Crippen molar-refractivity contribution in [1.82, 2.24) is 9.62 Å². The number of amides is 1. The summed E-state index contributed by atoms with van der Waals surface area (Å²) in [5.74, 6) is -1.20. The highest BCUT2D eigenvalue weighted by molar-refractivity contribution is 7.88. The number of nitrogens with zero attached hydrogens (tertiary/aromatic N) is 1. The Kier molecular flexibility index (Phi) is 6.57. The molecule has 1 N–H and O–H groups in total. The lowest BCUT2D eigenvalue weighted by atomic mass is 9.96. The minimum atomic E-state index is -3.47. The van der Waals surface area contributed by atoms with Crippen molar-refractivity contribution in [1.29, 1.82) is 0 Å². The molecule has 0 bridgehead atoms. The Morgan fingerprint density at radius 2 is 1.83 bits per heavy atom. The Balaban J connectivity index is 1.94. The van der Waals surface area contributed by atoms with Crippen molar-refractivity contribution in [2.24, 2.45) is 5.92 Å². The molecule has 0 saturated carbocycles. The molecule has 1 aliphatic heterocycles. The molecule has 0 radical (unpaired) electrons. The molecule has 0 aromatic heterocycles. The van der Waals surface area contributed by atoms with Gasteiger partial charge in [-0.3, -0.25) is 4.79 Å². The van der Waals surface area contributed by atoms with Crippen molar-refractivity contribution >= 4 is 15.9 Å². The van der Waals surface area contributed by atoms with Crippen LogP contribution in [0.3, 0.4) is 0 Å². The average molecular weight is 437 g/mol. The van der Waals surface area contributed by atoms with Gasteiger partial charge in [0.2, 0.25) is 15.9 Å². The van der Waals surface area contributed by atoms with Crippen LogP contribution in [-0.4, -0.2) is 44.1 Å². The summed E-state index contributed by atoms with van der Waals surface area (Å²) in [5.41, 5.74) is 1.68. The van der Waals surface area contributed by atoms with Crippen molar-refractivity contribution in [3.8, 4) is 11.1 Å². The molecule has 8 heteroatoms. The van der Waals surface area contributed by atoms with Gasteiger partial charge in [0.15, 0.2) is 0 Å². The maximum Gasteiger partial charge on any atom is 0.225 e. The Hall–Kier alpha value is -2.32. The predicted octanol–water partition coefficient (Wildman–Crippen LogP) is 3.35. The minimum absolute atomic E-state index is 0.0699. The number of benzene rings is 2. The van der Waals surface area contributed by atoms with Gasteiger partial charge in [-0.15, -0.1) is 0 Å². The maximum atomic E-state index is 14.4. The topological polar surface area (TPSA) is 66.5 Å². The number of halogens is 2. The molecule has 1 saturated heterocycles. The highest BCUT2D eigenvalue weighted by Crippen LogP contribution is 2.28. The van der Waals surface area contributed by atoms with E-state index < -0.39 is 33.7 Å². The lowest BCUT2D eigenvalue weighted by Gasteiger charge is -2.30. The fourth-order valence-corrected chi connectivity index (χ4v) is 4.79. The zero-order valence-corrected chi connectivity index (χ0v) is 18.0. The van der Waals surface area contributed by atoms with Gasteiger partial charge in [0, 0.05) is 18.5 Å². The van der Waals surface area contributed by atoms with Crippen LogP contribution in [0.4, 0.5) is 8.78 Å². The first kappa shape index (κ1) is 22.4. The summed E-state index contributed by atoms with van der Waals surface area (Å²) in [6.07, 6.45) is 1.86. The van der Waals surface area contributed by atoms with Crippen molar-refractivity contribution in [3.05, 3.63) is 59.7 Å². The Bertz CT molecular complexity index is 1040. The fourth-order valence-electron chi connectivity index (χ4n) is 3.97. The van der Waals surface area contributed by atoms with Crippen LogP contribution in [0.5, 0.6) is 0 Å². The van der Waals surface area contributed by atoms with Crippen LogP contribution in [0.25, 0.3) is 11.1 Å². The SMILES string of the molecule is CC(C)C(=O)N1CC[C@@H](NS(C)(=O)=O)[C@H]1Cc1cc(F)cc(-c2cccc(F)c2)c1. The van der Waals surface area contributed by atoms with E-state index in [0.29, 0.717) is 29.7 Å². The highest BCUT2D eigenvalue weighted by atomic mass is 32.2. The quantitative estimate of drug-likeness (QED) is 0.755. The van der Waals surface area contributed by atoms with Gasteiger partial charge in [-0.25, -0.2) is 21.9 Å². The van der Waals surface area contributed by atoms with Crippen LogP contribution in [0.15, 0.2) is 42.5 Å². The number of sulfonamides is 1. The predicted molar refractivity (Wildman–Crippen MR) is 112 cm³/mol. The van der Waals surface area contributed by atoms with Crippen LogP contribution < -0.4 is 4.72 Å². The summed E-state index contributed by atoms with van der Waals surface area (Å²) in [5, 5.41) is 0. The van der Waals surface area contributed by atoms with Crippen molar-refractivity contribution < 1.29 is 22.0 Å². The van der Waals surface area contributed by atoms with Crippen LogP contribution in [0, 0.1) is 17.6 Å². The molecular weight excluding hydrogens is 410 g/mol. The van der Waals surface area contributed by atoms with Crippen LogP contribution in [-0.2, 0) is 21.2 Å². The second-order valence-electron chi connectivity index (χ2n) is 8.10. The highest BCUT2D eigenvalue weighted by Gasteiger charge is 2.39. The van der Waals surface area contributed by atoms with E-state index in [9.17, 15) is 22.0 Å². The molecular formula is C22H26F2N2O3S. The van der Waals surface area contributed by atoms with Gasteiger partial charge >= 0.3 is 0 Å². The Morgan fingerprint density at radius 3 is 2.47 bits per heavy atom. The molecule has 0 unspecified atom stereocenters. The number of nitrogens with one attached hydrogen (secondary N) is 1. The molecule has 30 heavy (non-hydrogen) atoms. The van der Waals surface area contributed by atoms with Crippen LogP contribution in [0.1, 0.15) is 25.8 Å². The Labute approximate surface area is 176 Å². The van der Waals surface area contributed by atoms with Gasteiger partial charge in [-0.2, -0.15) is 0 Å². The van der Waals surface area contributed by atoms with E-state index in [1.54, 1.807) is 36.9 Å². The first-order valence-electron chi connectivity index (χ1n) is 9.86. The summed E-state index contributed by atoms with van der Waals surface area (Å²) in [4.78, 5) is 14.4. The van der Waals surface area contributed by atoms with E-state index in [2.05, 4.69) is 4.72 Å². The molecule has 2 atom stereocenters. The molecule has 162 valence electrons. The Morgan fingerprint density at radius 1 is 1.13 bits per heavy atom. The number of carbonyl (C=O) groups excluding carboxylic acids is 1. The first-order valence-corrected chi connectivity index (χ1v) is 11.8.